The molecule has 0 fully saturated rings. The Morgan fingerprint density at radius 1 is 1.42 bits per heavy atom. The third-order valence-corrected chi connectivity index (χ3v) is 2.83. The second-order valence-electron chi connectivity index (χ2n) is 3.75. The average molecular weight is 195 g/mol. The van der Waals surface area contributed by atoms with Gasteiger partial charge in [-0.25, -0.2) is 4.98 Å². The van der Waals surface area contributed by atoms with Crippen LogP contribution in [-0.4, -0.2) is 13.1 Å². The van der Waals surface area contributed by atoms with Crippen molar-refractivity contribution in [3.63, 3.8) is 0 Å². The number of nitrogens with zero attached hydrogens (tertiary/aromatic N) is 1. The Bertz CT molecular complexity index is 324. The first-order chi connectivity index (χ1) is 5.47. The Balaban J connectivity index is 2.80. The minimum Gasteiger partial charge on any atom is -0.233 e. The zero-order chi connectivity index (χ0) is 9.19. The fourth-order valence-corrected chi connectivity index (χ4v) is 1.72. The van der Waals surface area contributed by atoms with E-state index < -0.39 is 8.07 Å². The summed E-state index contributed by atoms with van der Waals surface area (Å²) in [5.41, 5.74) is 4.22. The molecule has 0 unspecified atom stereocenters. The fraction of sp³-hybridized carbons (Fsp3) is 0.444. The number of hydrogen-bond acceptors (Lipinski definition) is 2. The predicted molar refractivity (Wildman–Crippen MR) is 57.1 cm³/mol. The molecule has 0 radical (unpaired) electrons. The first-order valence-corrected chi connectivity index (χ1v) is 8.31. The van der Waals surface area contributed by atoms with Crippen LogP contribution in [0, 0.1) is 18.4 Å². The van der Waals surface area contributed by atoms with Gasteiger partial charge >= 0.3 is 0 Å². The molecule has 64 valence electrons. The summed E-state index contributed by atoms with van der Waals surface area (Å²) in [6.45, 7) is 8.71. The van der Waals surface area contributed by atoms with Crippen molar-refractivity contribution in [2.24, 2.45) is 0 Å². The van der Waals surface area contributed by atoms with Crippen molar-refractivity contribution < 1.29 is 0 Å². The lowest BCUT2D eigenvalue weighted by Gasteiger charge is -2.02. The van der Waals surface area contributed by atoms with E-state index >= 15 is 0 Å². The van der Waals surface area contributed by atoms with E-state index in [4.69, 9.17) is 0 Å². The van der Waals surface area contributed by atoms with Crippen molar-refractivity contribution in [1.82, 2.24) is 4.98 Å². The van der Waals surface area contributed by atoms with Crippen LogP contribution in [0.25, 0.3) is 0 Å². The van der Waals surface area contributed by atoms with E-state index in [1.165, 1.54) is 0 Å². The zero-order valence-electron chi connectivity index (χ0n) is 7.93. The summed E-state index contributed by atoms with van der Waals surface area (Å²) in [6, 6.07) is 0. The van der Waals surface area contributed by atoms with Crippen molar-refractivity contribution in [1.29, 1.82) is 0 Å². The van der Waals surface area contributed by atoms with Crippen LogP contribution >= 0.6 is 11.3 Å². The molecule has 1 heterocycles. The lowest BCUT2D eigenvalue weighted by molar-refractivity contribution is 1.27. The monoisotopic (exact) mass is 195 g/mol. The van der Waals surface area contributed by atoms with Gasteiger partial charge in [-0.1, -0.05) is 25.6 Å². The van der Waals surface area contributed by atoms with Crippen molar-refractivity contribution in [2.45, 2.75) is 26.6 Å². The molecule has 0 aliphatic heterocycles. The van der Waals surface area contributed by atoms with Crippen LogP contribution in [0.5, 0.6) is 0 Å². The number of rotatable bonds is 0. The van der Waals surface area contributed by atoms with Crippen molar-refractivity contribution in [3.8, 4) is 11.5 Å². The summed E-state index contributed by atoms with van der Waals surface area (Å²) in [6.07, 6.45) is 0. The Labute approximate surface area is 78.9 Å². The van der Waals surface area contributed by atoms with Gasteiger partial charge in [0.05, 0.1) is 5.01 Å². The highest BCUT2D eigenvalue weighted by molar-refractivity contribution is 7.09. The summed E-state index contributed by atoms with van der Waals surface area (Å²) in [4.78, 5) is 4.28. The van der Waals surface area contributed by atoms with Crippen LogP contribution in [0.1, 0.15) is 10.7 Å². The molecule has 0 N–H and O–H groups in total. The largest absolute Gasteiger partial charge is 0.233 e. The Hall–Kier alpha value is -0.593. The quantitative estimate of drug-likeness (QED) is 0.458. The molecule has 12 heavy (non-hydrogen) atoms. The molecule has 1 aromatic rings. The molecular formula is C9H13NSSi. The first kappa shape index (κ1) is 9.49. The minimum atomic E-state index is -1.23. The highest BCUT2D eigenvalue weighted by Crippen LogP contribution is 2.06. The third-order valence-electron chi connectivity index (χ3n) is 1.18. The average Bonchev–Trinajstić information content (AvgIpc) is 2.30. The van der Waals surface area contributed by atoms with Gasteiger partial charge in [0.2, 0.25) is 0 Å². The summed E-state index contributed by atoms with van der Waals surface area (Å²) < 4.78 is 0. The van der Waals surface area contributed by atoms with Crippen molar-refractivity contribution >= 4 is 19.4 Å². The molecule has 0 spiro atoms. The van der Waals surface area contributed by atoms with Crippen LogP contribution in [0.2, 0.25) is 19.6 Å². The summed E-state index contributed by atoms with van der Waals surface area (Å²) in [5, 5.41) is 3.11. The SMILES string of the molecule is Cc1nc(C#C[Si](C)(C)C)cs1. The first-order valence-electron chi connectivity index (χ1n) is 3.93. The van der Waals surface area contributed by atoms with E-state index in [1.807, 2.05) is 12.3 Å². The predicted octanol–water partition coefficient (Wildman–Crippen LogP) is 2.68. The van der Waals surface area contributed by atoms with Gasteiger partial charge in [-0.15, -0.1) is 16.9 Å². The molecule has 1 aromatic heterocycles. The van der Waals surface area contributed by atoms with Gasteiger partial charge in [0.15, 0.2) is 0 Å². The van der Waals surface area contributed by atoms with Crippen LogP contribution in [0.4, 0.5) is 0 Å². The highest BCUT2D eigenvalue weighted by atomic mass is 32.1. The van der Waals surface area contributed by atoms with Crippen LogP contribution < -0.4 is 0 Å². The number of aryl methyl sites for hydroxylation is 1. The Morgan fingerprint density at radius 3 is 2.50 bits per heavy atom. The van der Waals surface area contributed by atoms with Crippen LogP contribution in [-0.2, 0) is 0 Å². The van der Waals surface area contributed by atoms with Gasteiger partial charge in [-0.3, -0.25) is 0 Å². The Morgan fingerprint density at radius 2 is 2.08 bits per heavy atom. The van der Waals surface area contributed by atoms with E-state index in [2.05, 4.69) is 36.1 Å². The molecule has 0 atom stereocenters. The maximum atomic E-state index is 4.28. The van der Waals surface area contributed by atoms with Gasteiger partial charge in [-0.2, -0.15) is 0 Å². The maximum absolute atomic E-state index is 4.28. The molecule has 0 saturated carbocycles. The molecule has 1 nitrogen and oxygen atoms in total. The smallest absolute Gasteiger partial charge is 0.129 e. The third kappa shape index (κ3) is 3.20. The second-order valence-corrected chi connectivity index (χ2v) is 9.56. The normalized spacial score (nSPS) is 10.7. The van der Waals surface area contributed by atoms with Crippen molar-refractivity contribution in [2.75, 3.05) is 0 Å². The van der Waals surface area contributed by atoms with Gasteiger partial charge in [0.1, 0.15) is 13.8 Å². The number of aromatic nitrogens is 1. The molecule has 0 aliphatic carbocycles. The molecule has 3 heteroatoms. The molecule has 0 aliphatic rings. The van der Waals surface area contributed by atoms with Crippen LogP contribution in [0.3, 0.4) is 0 Å². The molecule has 0 aromatic carbocycles. The highest BCUT2D eigenvalue weighted by Gasteiger charge is 2.07. The Kier molecular flexibility index (Phi) is 2.71. The van der Waals surface area contributed by atoms with Gasteiger partial charge in [0.25, 0.3) is 0 Å². The van der Waals surface area contributed by atoms with E-state index in [0.29, 0.717) is 0 Å². The number of hydrogen-bond donors (Lipinski definition) is 0. The molecule has 0 bridgehead atoms. The second kappa shape index (κ2) is 3.42. The van der Waals surface area contributed by atoms with E-state index in [0.717, 1.165) is 10.7 Å². The molecule has 1 rings (SSSR count). The minimum absolute atomic E-state index is 0.930. The topological polar surface area (TPSA) is 12.9 Å². The van der Waals surface area contributed by atoms with E-state index in [-0.39, 0.29) is 0 Å². The van der Waals surface area contributed by atoms with Crippen molar-refractivity contribution in [3.05, 3.63) is 16.1 Å². The summed E-state index contributed by atoms with van der Waals surface area (Å²) in [7, 11) is -1.23. The molecular weight excluding hydrogens is 182 g/mol. The summed E-state index contributed by atoms with van der Waals surface area (Å²) >= 11 is 1.66. The van der Waals surface area contributed by atoms with E-state index in [1.54, 1.807) is 11.3 Å². The fourth-order valence-electron chi connectivity index (χ4n) is 0.672. The zero-order valence-corrected chi connectivity index (χ0v) is 9.75. The molecule has 0 saturated heterocycles. The van der Waals surface area contributed by atoms with Gasteiger partial charge < -0.3 is 0 Å². The number of thiazole rings is 1. The van der Waals surface area contributed by atoms with E-state index in [9.17, 15) is 0 Å². The lowest BCUT2D eigenvalue weighted by Crippen LogP contribution is -2.16. The standard InChI is InChI=1S/C9H13NSSi/c1-8-10-9(7-11-8)5-6-12(2,3)4/h7H,1-4H3. The molecule has 0 amide bonds. The summed E-state index contributed by atoms with van der Waals surface area (Å²) in [5.74, 6) is 3.12. The van der Waals surface area contributed by atoms with Gasteiger partial charge in [0, 0.05) is 5.38 Å². The van der Waals surface area contributed by atoms with Crippen LogP contribution in [0.15, 0.2) is 5.38 Å². The lowest BCUT2D eigenvalue weighted by atomic mass is 10.5. The maximum Gasteiger partial charge on any atom is 0.129 e. The van der Waals surface area contributed by atoms with Gasteiger partial charge in [-0.05, 0) is 6.92 Å².